The Morgan fingerprint density at radius 1 is 1.27 bits per heavy atom. The molecule has 0 saturated carbocycles. The monoisotopic (exact) mass is 209 g/mol. The zero-order chi connectivity index (χ0) is 10.9. The third-order valence-corrected chi connectivity index (χ3v) is 2.16. The van der Waals surface area contributed by atoms with E-state index in [1.807, 2.05) is 13.0 Å². The summed E-state index contributed by atoms with van der Waals surface area (Å²) in [5.74, 6) is 0.706. The summed E-state index contributed by atoms with van der Waals surface area (Å²) in [6.07, 6.45) is 5.99. The van der Waals surface area contributed by atoms with Gasteiger partial charge < -0.3 is 10.4 Å². The molecular weight excluding hydrogens is 190 g/mol. The number of aliphatic hydroxyl groups is 1. The molecule has 0 aliphatic heterocycles. The van der Waals surface area contributed by atoms with Gasteiger partial charge in [-0.25, -0.2) is 9.97 Å². The number of rotatable bonds is 7. The summed E-state index contributed by atoms with van der Waals surface area (Å²) in [4.78, 5) is 8.36. The first kappa shape index (κ1) is 11.9. The molecule has 0 fully saturated rings. The highest BCUT2D eigenvalue weighted by Crippen LogP contribution is 2.02. The van der Waals surface area contributed by atoms with Crippen LogP contribution in [-0.4, -0.2) is 28.2 Å². The van der Waals surface area contributed by atoms with Crippen molar-refractivity contribution in [1.82, 2.24) is 9.97 Å². The zero-order valence-corrected chi connectivity index (χ0v) is 9.24. The Bertz CT molecular complexity index is 278. The van der Waals surface area contributed by atoms with Crippen LogP contribution in [0.1, 0.15) is 31.4 Å². The van der Waals surface area contributed by atoms with Crippen molar-refractivity contribution in [1.29, 1.82) is 0 Å². The van der Waals surface area contributed by atoms with Gasteiger partial charge in [-0.15, -0.1) is 0 Å². The number of hydrogen-bond donors (Lipinski definition) is 2. The molecule has 84 valence electrons. The average Bonchev–Trinajstić information content (AvgIpc) is 2.23. The summed E-state index contributed by atoms with van der Waals surface area (Å²) in [5, 5.41) is 11.8. The smallest absolute Gasteiger partial charge is 0.222 e. The van der Waals surface area contributed by atoms with Crippen LogP contribution in [0.15, 0.2) is 12.3 Å². The van der Waals surface area contributed by atoms with Gasteiger partial charge in [-0.05, 0) is 25.8 Å². The topological polar surface area (TPSA) is 58.0 Å². The minimum Gasteiger partial charge on any atom is -0.396 e. The van der Waals surface area contributed by atoms with E-state index in [1.165, 1.54) is 0 Å². The lowest BCUT2D eigenvalue weighted by Crippen LogP contribution is -2.05. The summed E-state index contributed by atoms with van der Waals surface area (Å²) in [6.45, 7) is 3.15. The Labute approximate surface area is 90.8 Å². The number of nitrogens with one attached hydrogen (secondary N) is 1. The van der Waals surface area contributed by atoms with Crippen LogP contribution in [0.4, 0.5) is 5.95 Å². The number of hydrogen-bond acceptors (Lipinski definition) is 4. The molecule has 0 saturated heterocycles. The first-order valence-electron chi connectivity index (χ1n) is 5.47. The van der Waals surface area contributed by atoms with Crippen molar-refractivity contribution in [2.24, 2.45) is 0 Å². The molecule has 4 nitrogen and oxygen atoms in total. The second-order valence-corrected chi connectivity index (χ2v) is 3.59. The third kappa shape index (κ3) is 5.32. The van der Waals surface area contributed by atoms with Crippen molar-refractivity contribution in [2.75, 3.05) is 18.5 Å². The van der Waals surface area contributed by atoms with Crippen molar-refractivity contribution >= 4 is 5.95 Å². The molecule has 0 aromatic carbocycles. The van der Waals surface area contributed by atoms with Crippen LogP contribution in [-0.2, 0) is 0 Å². The quantitative estimate of drug-likeness (QED) is 0.672. The van der Waals surface area contributed by atoms with Gasteiger partial charge in [0.1, 0.15) is 0 Å². The van der Waals surface area contributed by atoms with Crippen LogP contribution < -0.4 is 5.32 Å². The van der Waals surface area contributed by atoms with E-state index in [0.29, 0.717) is 12.6 Å². The van der Waals surface area contributed by atoms with Crippen molar-refractivity contribution in [3.8, 4) is 0 Å². The molecule has 15 heavy (non-hydrogen) atoms. The summed E-state index contributed by atoms with van der Waals surface area (Å²) in [7, 11) is 0. The van der Waals surface area contributed by atoms with Crippen LogP contribution in [0.25, 0.3) is 0 Å². The lowest BCUT2D eigenvalue weighted by atomic mass is 10.2. The number of aliphatic hydroxyl groups excluding tert-OH is 1. The van der Waals surface area contributed by atoms with E-state index in [1.54, 1.807) is 6.20 Å². The Kier molecular flexibility index (Phi) is 5.70. The standard InChI is InChI=1S/C11H19N3O/c1-10-6-8-13-11(14-10)12-7-4-2-3-5-9-15/h6,8,15H,2-5,7,9H2,1H3,(H,12,13,14). The minimum absolute atomic E-state index is 0.300. The van der Waals surface area contributed by atoms with Crippen LogP contribution in [0.5, 0.6) is 0 Å². The van der Waals surface area contributed by atoms with Gasteiger partial charge in [-0.1, -0.05) is 12.8 Å². The van der Waals surface area contributed by atoms with Gasteiger partial charge in [0.25, 0.3) is 0 Å². The van der Waals surface area contributed by atoms with Crippen molar-refractivity contribution in [3.63, 3.8) is 0 Å². The maximum atomic E-state index is 8.60. The van der Waals surface area contributed by atoms with Gasteiger partial charge in [0.2, 0.25) is 5.95 Å². The Morgan fingerprint density at radius 3 is 2.80 bits per heavy atom. The largest absolute Gasteiger partial charge is 0.396 e. The first-order chi connectivity index (χ1) is 7.33. The van der Waals surface area contributed by atoms with Crippen LogP contribution in [0.3, 0.4) is 0 Å². The Balaban J connectivity index is 2.10. The molecule has 1 heterocycles. The van der Waals surface area contributed by atoms with E-state index in [9.17, 15) is 0 Å². The van der Waals surface area contributed by atoms with Gasteiger partial charge in [0.05, 0.1) is 0 Å². The Hall–Kier alpha value is -1.16. The van der Waals surface area contributed by atoms with E-state index >= 15 is 0 Å². The maximum absolute atomic E-state index is 8.60. The molecule has 0 atom stereocenters. The first-order valence-corrected chi connectivity index (χ1v) is 5.47. The van der Waals surface area contributed by atoms with E-state index in [0.717, 1.165) is 37.9 Å². The number of aromatic nitrogens is 2. The molecule has 0 amide bonds. The highest BCUT2D eigenvalue weighted by atomic mass is 16.2. The lowest BCUT2D eigenvalue weighted by molar-refractivity contribution is 0.283. The van der Waals surface area contributed by atoms with Gasteiger partial charge in [0.15, 0.2) is 0 Å². The second kappa shape index (κ2) is 7.17. The van der Waals surface area contributed by atoms with Gasteiger partial charge >= 0.3 is 0 Å². The SMILES string of the molecule is Cc1ccnc(NCCCCCCO)n1. The minimum atomic E-state index is 0.300. The number of unbranched alkanes of at least 4 members (excludes halogenated alkanes) is 3. The molecule has 1 aromatic rings. The summed E-state index contributed by atoms with van der Waals surface area (Å²) >= 11 is 0. The van der Waals surface area contributed by atoms with E-state index < -0.39 is 0 Å². The molecule has 2 N–H and O–H groups in total. The molecule has 0 aliphatic rings. The molecule has 0 aliphatic carbocycles. The van der Waals surface area contributed by atoms with Crippen LogP contribution >= 0.6 is 0 Å². The number of anilines is 1. The fourth-order valence-corrected chi connectivity index (χ4v) is 1.32. The van der Waals surface area contributed by atoms with E-state index in [-0.39, 0.29) is 0 Å². The molecule has 0 radical (unpaired) electrons. The zero-order valence-electron chi connectivity index (χ0n) is 9.24. The molecule has 1 aromatic heterocycles. The van der Waals surface area contributed by atoms with Crippen LogP contribution in [0.2, 0.25) is 0 Å². The number of nitrogens with zero attached hydrogens (tertiary/aromatic N) is 2. The molecule has 0 unspecified atom stereocenters. The van der Waals surface area contributed by atoms with Crippen LogP contribution in [0, 0.1) is 6.92 Å². The highest BCUT2D eigenvalue weighted by Gasteiger charge is 1.94. The molecule has 0 bridgehead atoms. The molecule has 1 rings (SSSR count). The fraction of sp³-hybridized carbons (Fsp3) is 0.636. The third-order valence-electron chi connectivity index (χ3n) is 2.16. The van der Waals surface area contributed by atoms with E-state index in [2.05, 4.69) is 15.3 Å². The Morgan fingerprint density at radius 2 is 2.07 bits per heavy atom. The molecule has 4 heteroatoms. The van der Waals surface area contributed by atoms with Gasteiger partial charge in [-0.2, -0.15) is 0 Å². The van der Waals surface area contributed by atoms with E-state index in [4.69, 9.17) is 5.11 Å². The average molecular weight is 209 g/mol. The molecular formula is C11H19N3O. The predicted molar refractivity (Wildman–Crippen MR) is 60.8 cm³/mol. The molecule has 0 spiro atoms. The van der Waals surface area contributed by atoms with Crippen molar-refractivity contribution in [3.05, 3.63) is 18.0 Å². The van der Waals surface area contributed by atoms with Gasteiger partial charge in [0, 0.05) is 25.0 Å². The van der Waals surface area contributed by atoms with Crippen molar-refractivity contribution < 1.29 is 5.11 Å². The lowest BCUT2D eigenvalue weighted by Gasteiger charge is -2.04. The maximum Gasteiger partial charge on any atom is 0.222 e. The normalized spacial score (nSPS) is 10.3. The predicted octanol–water partition coefficient (Wildman–Crippen LogP) is 1.75. The fourth-order valence-electron chi connectivity index (χ4n) is 1.32. The summed E-state index contributed by atoms with van der Waals surface area (Å²) in [5.41, 5.74) is 0.979. The highest BCUT2D eigenvalue weighted by molar-refractivity contribution is 5.24. The van der Waals surface area contributed by atoms with Gasteiger partial charge in [-0.3, -0.25) is 0 Å². The second-order valence-electron chi connectivity index (χ2n) is 3.59. The van der Waals surface area contributed by atoms with Crippen molar-refractivity contribution in [2.45, 2.75) is 32.6 Å². The summed E-state index contributed by atoms with van der Waals surface area (Å²) in [6, 6.07) is 1.88. The summed E-state index contributed by atoms with van der Waals surface area (Å²) < 4.78 is 0. The number of aryl methyl sites for hydroxylation is 1.